The van der Waals surface area contributed by atoms with Crippen molar-refractivity contribution < 1.29 is 0 Å². The molecule has 2 heteroatoms. The molecule has 0 unspecified atom stereocenters. The summed E-state index contributed by atoms with van der Waals surface area (Å²) >= 11 is 0. The van der Waals surface area contributed by atoms with Crippen molar-refractivity contribution >= 4 is 0 Å². The maximum atomic E-state index is 5.99. The van der Waals surface area contributed by atoms with Crippen molar-refractivity contribution in [3.63, 3.8) is 0 Å². The molecule has 0 aromatic carbocycles. The highest BCUT2D eigenvalue weighted by Gasteiger charge is 2.35. The van der Waals surface area contributed by atoms with Gasteiger partial charge in [0.1, 0.15) is 0 Å². The highest BCUT2D eigenvalue weighted by molar-refractivity contribution is 5.12. The molecule has 0 aliphatic heterocycles. The Bertz CT molecular complexity index is 151. The highest BCUT2D eigenvalue weighted by Crippen LogP contribution is 2.33. The molecule has 0 fully saturated rings. The van der Waals surface area contributed by atoms with Gasteiger partial charge in [0.05, 0.1) is 0 Å². The predicted molar refractivity (Wildman–Crippen MR) is 50.2 cm³/mol. The Morgan fingerprint density at radius 1 is 1.27 bits per heavy atom. The zero-order chi connectivity index (χ0) is 9.28. The van der Waals surface area contributed by atoms with Crippen LogP contribution in [-0.4, -0.2) is 12.6 Å². The molecule has 0 aliphatic carbocycles. The van der Waals surface area contributed by atoms with Crippen LogP contribution in [0.3, 0.4) is 0 Å². The second kappa shape index (κ2) is 2.86. The zero-order valence-corrected chi connectivity index (χ0v) is 8.28. The summed E-state index contributed by atoms with van der Waals surface area (Å²) in [6.07, 6.45) is 0. The lowest BCUT2D eigenvalue weighted by atomic mass is 9.73. The van der Waals surface area contributed by atoms with E-state index in [1.54, 1.807) is 0 Å². The minimum atomic E-state index is -0.243. The smallest absolute Gasteiger partial charge is 0.0212 e. The lowest BCUT2D eigenvalue weighted by Gasteiger charge is -2.39. The van der Waals surface area contributed by atoms with Crippen molar-refractivity contribution in [1.29, 1.82) is 0 Å². The lowest BCUT2D eigenvalue weighted by molar-refractivity contribution is 0.243. The van der Waals surface area contributed by atoms with Gasteiger partial charge in [-0.2, -0.15) is 0 Å². The van der Waals surface area contributed by atoms with Crippen molar-refractivity contribution in [1.82, 2.24) is 5.32 Å². The third-order valence-corrected chi connectivity index (χ3v) is 2.67. The van der Waals surface area contributed by atoms with Gasteiger partial charge in [0.25, 0.3) is 0 Å². The van der Waals surface area contributed by atoms with Crippen LogP contribution in [-0.2, 0) is 0 Å². The first-order valence-corrected chi connectivity index (χ1v) is 3.89. The van der Waals surface area contributed by atoms with E-state index in [9.17, 15) is 0 Å². The van der Waals surface area contributed by atoms with E-state index in [1.807, 2.05) is 20.9 Å². The normalized spacial score (nSPS) is 12.9. The van der Waals surface area contributed by atoms with Crippen LogP contribution in [0.5, 0.6) is 0 Å². The van der Waals surface area contributed by atoms with E-state index >= 15 is 0 Å². The Balaban J connectivity index is 4.59. The van der Waals surface area contributed by atoms with Crippen LogP contribution in [0.2, 0.25) is 0 Å². The molecule has 0 radical (unpaired) electrons. The van der Waals surface area contributed by atoms with Gasteiger partial charge in [-0.15, -0.1) is 0 Å². The standard InChI is InChI=1S/C9H20N2/c1-7(11-6)8(2,3)9(4,5)10/h11H,1,10H2,2-6H3. The van der Waals surface area contributed by atoms with Crippen molar-refractivity contribution in [2.45, 2.75) is 33.2 Å². The molecule has 0 saturated heterocycles. The fraction of sp³-hybridized carbons (Fsp3) is 0.778. The van der Waals surface area contributed by atoms with E-state index in [4.69, 9.17) is 5.73 Å². The van der Waals surface area contributed by atoms with Gasteiger partial charge in [-0.05, 0) is 13.8 Å². The zero-order valence-electron chi connectivity index (χ0n) is 8.28. The van der Waals surface area contributed by atoms with E-state index < -0.39 is 0 Å². The molecule has 0 aromatic rings. The first kappa shape index (κ1) is 10.5. The van der Waals surface area contributed by atoms with Gasteiger partial charge in [-0.1, -0.05) is 20.4 Å². The van der Waals surface area contributed by atoms with E-state index in [1.165, 1.54) is 0 Å². The SMILES string of the molecule is C=C(NC)C(C)(C)C(C)(C)N. The van der Waals surface area contributed by atoms with Crippen LogP contribution < -0.4 is 11.1 Å². The van der Waals surface area contributed by atoms with Gasteiger partial charge in [-0.3, -0.25) is 0 Å². The summed E-state index contributed by atoms with van der Waals surface area (Å²) in [4.78, 5) is 0. The topological polar surface area (TPSA) is 38.0 Å². The Hall–Kier alpha value is -0.500. The largest absolute Gasteiger partial charge is 0.391 e. The van der Waals surface area contributed by atoms with Crippen LogP contribution in [0, 0.1) is 5.41 Å². The summed E-state index contributed by atoms with van der Waals surface area (Å²) in [5, 5.41) is 3.04. The first-order chi connectivity index (χ1) is 4.73. The average molecular weight is 156 g/mol. The van der Waals surface area contributed by atoms with Gasteiger partial charge in [-0.25, -0.2) is 0 Å². The van der Waals surface area contributed by atoms with Gasteiger partial charge < -0.3 is 11.1 Å². The number of nitrogens with one attached hydrogen (secondary N) is 1. The Labute approximate surface area is 69.9 Å². The highest BCUT2D eigenvalue weighted by atomic mass is 14.9. The first-order valence-electron chi connectivity index (χ1n) is 3.89. The molecule has 0 aromatic heterocycles. The predicted octanol–water partition coefficient (Wildman–Crippen LogP) is 1.48. The van der Waals surface area contributed by atoms with E-state index in [0.29, 0.717) is 0 Å². The second-order valence-corrected chi connectivity index (χ2v) is 4.08. The molecule has 2 nitrogen and oxygen atoms in total. The Kier molecular flexibility index (Phi) is 2.73. The summed E-state index contributed by atoms with van der Waals surface area (Å²) in [7, 11) is 1.87. The molecule has 3 N–H and O–H groups in total. The minimum Gasteiger partial charge on any atom is -0.391 e. The molecule has 0 saturated carbocycles. The fourth-order valence-corrected chi connectivity index (χ4v) is 0.701. The van der Waals surface area contributed by atoms with Crippen LogP contribution in [0.1, 0.15) is 27.7 Å². The van der Waals surface area contributed by atoms with E-state index in [-0.39, 0.29) is 11.0 Å². The van der Waals surface area contributed by atoms with Crippen molar-refractivity contribution in [2.75, 3.05) is 7.05 Å². The molecule has 0 heterocycles. The van der Waals surface area contributed by atoms with E-state index in [0.717, 1.165) is 5.70 Å². The van der Waals surface area contributed by atoms with Crippen LogP contribution >= 0.6 is 0 Å². The summed E-state index contributed by atoms with van der Waals surface area (Å²) in [6.45, 7) is 12.1. The molecule has 66 valence electrons. The minimum absolute atomic E-state index is 0.0816. The average Bonchev–Trinajstić information content (AvgIpc) is 1.83. The maximum absolute atomic E-state index is 5.99. The molecule has 0 rings (SSSR count). The molecule has 0 atom stereocenters. The third kappa shape index (κ3) is 1.96. The molecule has 0 bridgehead atoms. The number of nitrogens with two attached hydrogens (primary N) is 1. The number of rotatable bonds is 3. The molecule has 0 aliphatic rings. The molecular formula is C9H20N2. The van der Waals surface area contributed by atoms with Gasteiger partial charge in [0.15, 0.2) is 0 Å². The van der Waals surface area contributed by atoms with Crippen molar-refractivity contribution in [3.8, 4) is 0 Å². The maximum Gasteiger partial charge on any atom is 0.0212 e. The summed E-state index contributed by atoms with van der Waals surface area (Å²) in [6, 6.07) is 0. The lowest BCUT2D eigenvalue weighted by Crippen LogP contribution is -2.50. The van der Waals surface area contributed by atoms with Gasteiger partial charge >= 0.3 is 0 Å². The second-order valence-electron chi connectivity index (χ2n) is 4.08. The summed E-state index contributed by atoms with van der Waals surface area (Å²) in [5.41, 5.74) is 6.64. The van der Waals surface area contributed by atoms with Crippen molar-refractivity contribution in [2.24, 2.45) is 11.1 Å². The van der Waals surface area contributed by atoms with Crippen LogP contribution in [0.25, 0.3) is 0 Å². The van der Waals surface area contributed by atoms with Crippen molar-refractivity contribution in [3.05, 3.63) is 12.3 Å². The molecule has 11 heavy (non-hydrogen) atoms. The molecular weight excluding hydrogens is 136 g/mol. The summed E-state index contributed by atoms with van der Waals surface area (Å²) in [5.74, 6) is 0. The Morgan fingerprint density at radius 2 is 1.64 bits per heavy atom. The fourth-order valence-electron chi connectivity index (χ4n) is 0.701. The number of hydrogen-bond acceptors (Lipinski definition) is 2. The molecule has 0 amide bonds. The third-order valence-electron chi connectivity index (χ3n) is 2.67. The van der Waals surface area contributed by atoms with Gasteiger partial charge in [0, 0.05) is 23.7 Å². The monoisotopic (exact) mass is 156 g/mol. The molecule has 0 spiro atoms. The quantitative estimate of drug-likeness (QED) is 0.649. The van der Waals surface area contributed by atoms with Crippen LogP contribution in [0.15, 0.2) is 12.3 Å². The van der Waals surface area contributed by atoms with Crippen LogP contribution in [0.4, 0.5) is 0 Å². The Morgan fingerprint density at radius 3 is 1.73 bits per heavy atom. The van der Waals surface area contributed by atoms with Gasteiger partial charge in [0.2, 0.25) is 0 Å². The van der Waals surface area contributed by atoms with E-state index in [2.05, 4.69) is 25.7 Å². The number of hydrogen-bond donors (Lipinski definition) is 2. The summed E-state index contributed by atoms with van der Waals surface area (Å²) < 4.78 is 0.